The van der Waals surface area contributed by atoms with Crippen molar-refractivity contribution in [3.8, 4) is 0 Å². The van der Waals surface area contributed by atoms with E-state index in [0.29, 0.717) is 12.0 Å². The third kappa shape index (κ3) is 2.86. The maximum absolute atomic E-state index is 4.08. The lowest BCUT2D eigenvalue weighted by Gasteiger charge is -2.26. The van der Waals surface area contributed by atoms with Crippen LogP contribution < -0.4 is 10.6 Å². The summed E-state index contributed by atoms with van der Waals surface area (Å²) < 4.78 is 0. The average molecular weight is 168 g/mol. The Bertz CT molecular complexity index is 146. The van der Waals surface area contributed by atoms with Gasteiger partial charge in [-0.05, 0) is 39.8 Å². The van der Waals surface area contributed by atoms with Crippen LogP contribution in [0.2, 0.25) is 0 Å². The third-order valence-electron chi connectivity index (χ3n) is 2.31. The number of rotatable bonds is 3. The third-order valence-corrected chi connectivity index (χ3v) is 2.31. The fourth-order valence-corrected chi connectivity index (χ4v) is 1.66. The highest BCUT2D eigenvalue weighted by atomic mass is 14.9. The molecular formula is C10H20N2. The van der Waals surface area contributed by atoms with Crippen molar-refractivity contribution in [2.45, 2.75) is 32.7 Å². The first kappa shape index (κ1) is 9.59. The van der Waals surface area contributed by atoms with E-state index in [2.05, 4.69) is 31.1 Å². The van der Waals surface area contributed by atoms with E-state index < -0.39 is 0 Å². The molecule has 0 unspecified atom stereocenters. The van der Waals surface area contributed by atoms with Crippen molar-refractivity contribution in [2.75, 3.05) is 13.1 Å². The number of piperidine rings is 1. The van der Waals surface area contributed by atoms with Gasteiger partial charge in [-0.3, -0.25) is 0 Å². The Morgan fingerprint density at radius 2 is 2.00 bits per heavy atom. The van der Waals surface area contributed by atoms with Crippen LogP contribution in [0.15, 0.2) is 12.3 Å². The van der Waals surface area contributed by atoms with Gasteiger partial charge in [-0.2, -0.15) is 0 Å². The molecule has 0 amide bonds. The monoisotopic (exact) mass is 168 g/mol. The Morgan fingerprint density at radius 1 is 1.42 bits per heavy atom. The summed E-state index contributed by atoms with van der Waals surface area (Å²) in [6, 6.07) is 0.521. The summed E-state index contributed by atoms with van der Waals surface area (Å²) in [6.45, 7) is 10.7. The standard InChI is InChI=1S/C10H20N2/c1-8(2)12-9(3)10-4-6-11-7-5-10/h8,10-12H,3-7H2,1-2H3. The van der Waals surface area contributed by atoms with Crippen molar-refractivity contribution >= 4 is 0 Å². The second-order valence-corrected chi connectivity index (χ2v) is 3.85. The Hall–Kier alpha value is -0.500. The van der Waals surface area contributed by atoms with Crippen molar-refractivity contribution in [3.63, 3.8) is 0 Å². The predicted octanol–water partition coefficient (Wildman–Crippen LogP) is 1.50. The molecule has 0 atom stereocenters. The topological polar surface area (TPSA) is 24.1 Å². The Morgan fingerprint density at radius 3 is 2.50 bits per heavy atom. The van der Waals surface area contributed by atoms with Gasteiger partial charge in [0.25, 0.3) is 0 Å². The second kappa shape index (κ2) is 4.51. The fraction of sp³-hybridized carbons (Fsp3) is 0.800. The van der Waals surface area contributed by atoms with Gasteiger partial charge in [0.1, 0.15) is 0 Å². The maximum atomic E-state index is 4.08. The van der Waals surface area contributed by atoms with Crippen LogP contribution in [0.4, 0.5) is 0 Å². The summed E-state index contributed by atoms with van der Waals surface area (Å²) >= 11 is 0. The summed E-state index contributed by atoms with van der Waals surface area (Å²) in [4.78, 5) is 0. The molecule has 70 valence electrons. The molecule has 0 saturated carbocycles. The first-order valence-corrected chi connectivity index (χ1v) is 4.86. The molecule has 1 aliphatic heterocycles. The van der Waals surface area contributed by atoms with Crippen LogP contribution in [0.5, 0.6) is 0 Å². The lowest BCUT2D eigenvalue weighted by molar-refractivity contribution is 0.396. The van der Waals surface area contributed by atoms with E-state index >= 15 is 0 Å². The van der Waals surface area contributed by atoms with Gasteiger partial charge < -0.3 is 10.6 Å². The van der Waals surface area contributed by atoms with Crippen LogP contribution in [-0.2, 0) is 0 Å². The van der Waals surface area contributed by atoms with E-state index in [9.17, 15) is 0 Å². The Kier molecular flexibility index (Phi) is 3.60. The minimum absolute atomic E-state index is 0.521. The highest BCUT2D eigenvalue weighted by Crippen LogP contribution is 2.17. The van der Waals surface area contributed by atoms with E-state index in [-0.39, 0.29) is 0 Å². The molecule has 1 fully saturated rings. The van der Waals surface area contributed by atoms with E-state index in [1.807, 2.05) is 0 Å². The van der Waals surface area contributed by atoms with Gasteiger partial charge in [-0.15, -0.1) is 0 Å². The highest BCUT2D eigenvalue weighted by molar-refractivity contribution is 5.00. The molecule has 1 rings (SSSR count). The fourth-order valence-electron chi connectivity index (χ4n) is 1.66. The van der Waals surface area contributed by atoms with Crippen molar-refractivity contribution in [3.05, 3.63) is 12.3 Å². The molecule has 1 aliphatic rings. The number of hydrogen-bond acceptors (Lipinski definition) is 2. The molecule has 1 heterocycles. The number of allylic oxidation sites excluding steroid dienone is 1. The van der Waals surface area contributed by atoms with Gasteiger partial charge in [-0.25, -0.2) is 0 Å². The molecule has 0 spiro atoms. The van der Waals surface area contributed by atoms with Gasteiger partial charge in [0, 0.05) is 17.7 Å². The van der Waals surface area contributed by atoms with Crippen molar-refractivity contribution in [2.24, 2.45) is 5.92 Å². The van der Waals surface area contributed by atoms with Crippen molar-refractivity contribution < 1.29 is 0 Å². The molecule has 0 aromatic carbocycles. The Balaban J connectivity index is 2.30. The molecule has 1 saturated heterocycles. The molecule has 0 aromatic rings. The van der Waals surface area contributed by atoms with Crippen LogP contribution in [0.25, 0.3) is 0 Å². The molecule has 12 heavy (non-hydrogen) atoms. The molecule has 2 N–H and O–H groups in total. The van der Waals surface area contributed by atoms with E-state index in [0.717, 1.165) is 13.1 Å². The lowest BCUT2D eigenvalue weighted by atomic mass is 9.95. The maximum Gasteiger partial charge on any atom is 0.0201 e. The lowest BCUT2D eigenvalue weighted by Crippen LogP contribution is -2.33. The largest absolute Gasteiger partial charge is 0.386 e. The first-order valence-electron chi connectivity index (χ1n) is 4.86. The number of nitrogens with one attached hydrogen (secondary N) is 2. The van der Waals surface area contributed by atoms with E-state index in [4.69, 9.17) is 0 Å². The van der Waals surface area contributed by atoms with Crippen molar-refractivity contribution in [1.29, 1.82) is 0 Å². The van der Waals surface area contributed by atoms with Gasteiger partial charge in [-0.1, -0.05) is 6.58 Å². The minimum atomic E-state index is 0.521. The highest BCUT2D eigenvalue weighted by Gasteiger charge is 2.15. The zero-order chi connectivity index (χ0) is 8.97. The molecule has 2 heteroatoms. The van der Waals surface area contributed by atoms with Crippen LogP contribution >= 0.6 is 0 Å². The zero-order valence-corrected chi connectivity index (χ0v) is 8.19. The second-order valence-electron chi connectivity index (χ2n) is 3.85. The van der Waals surface area contributed by atoms with Gasteiger partial charge in [0.2, 0.25) is 0 Å². The van der Waals surface area contributed by atoms with Gasteiger partial charge in [0.05, 0.1) is 0 Å². The zero-order valence-electron chi connectivity index (χ0n) is 8.19. The SMILES string of the molecule is C=C(NC(C)C)C1CCNCC1. The van der Waals surface area contributed by atoms with E-state index in [1.54, 1.807) is 0 Å². The summed E-state index contributed by atoms with van der Waals surface area (Å²) in [7, 11) is 0. The predicted molar refractivity (Wildman–Crippen MR) is 53.0 cm³/mol. The molecule has 0 radical (unpaired) electrons. The molecule has 0 bridgehead atoms. The van der Waals surface area contributed by atoms with Gasteiger partial charge >= 0.3 is 0 Å². The summed E-state index contributed by atoms with van der Waals surface area (Å²) in [6.07, 6.45) is 2.47. The smallest absolute Gasteiger partial charge is 0.0201 e. The minimum Gasteiger partial charge on any atom is -0.386 e. The molecule has 0 aliphatic carbocycles. The van der Waals surface area contributed by atoms with Crippen molar-refractivity contribution in [1.82, 2.24) is 10.6 Å². The molecule has 0 aromatic heterocycles. The van der Waals surface area contributed by atoms with Crippen LogP contribution in [0, 0.1) is 5.92 Å². The molecule has 2 nitrogen and oxygen atoms in total. The van der Waals surface area contributed by atoms with Gasteiger partial charge in [0.15, 0.2) is 0 Å². The quantitative estimate of drug-likeness (QED) is 0.667. The first-order chi connectivity index (χ1) is 5.70. The van der Waals surface area contributed by atoms with Crippen LogP contribution in [-0.4, -0.2) is 19.1 Å². The van der Waals surface area contributed by atoms with E-state index in [1.165, 1.54) is 18.5 Å². The summed E-state index contributed by atoms with van der Waals surface area (Å²) in [5.74, 6) is 0.689. The normalized spacial score (nSPS) is 19.6. The Labute approximate surface area is 75.4 Å². The average Bonchev–Trinajstić information content (AvgIpc) is 2.05. The van der Waals surface area contributed by atoms with Crippen LogP contribution in [0.3, 0.4) is 0 Å². The number of hydrogen-bond donors (Lipinski definition) is 2. The summed E-state index contributed by atoms with van der Waals surface area (Å²) in [5.41, 5.74) is 1.23. The summed E-state index contributed by atoms with van der Waals surface area (Å²) in [5, 5.41) is 6.74. The molecular weight excluding hydrogens is 148 g/mol. The van der Waals surface area contributed by atoms with Crippen LogP contribution in [0.1, 0.15) is 26.7 Å².